The van der Waals surface area contributed by atoms with Gasteiger partial charge in [-0.1, -0.05) is 29.4 Å². The van der Waals surface area contributed by atoms with Gasteiger partial charge in [0.05, 0.1) is 6.10 Å². The van der Waals surface area contributed by atoms with Crippen LogP contribution >= 0.6 is 0 Å². The number of nitrogens with two attached hydrogens (primary N) is 1. The topological polar surface area (TPSA) is 79.9 Å². The normalized spacial score (nSPS) is 20.4. The first-order valence-electron chi connectivity index (χ1n) is 6.69. The first kappa shape index (κ1) is 13.8. The predicted octanol–water partition coefficient (Wildman–Crippen LogP) is 1.44. The molecule has 1 aliphatic rings. The van der Waals surface area contributed by atoms with Gasteiger partial charge >= 0.3 is 0 Å². The number of hydrogen-bond acceptors (Lipinski definition) is 4. The van der Waals surface area contributed by atoms with E-state index in [1.54, 1.807) is 0 Å². The van der Waals surface area contributed by atoms with Crippen molar-refractivity contribution >= 4 is 5.84 Å². The summed E-state index contributed by atoms with van der Waals surface area (Å²) in [6, 6.07) is 7.65. The van der Waals surface area contributed by atoms with Gasteiger partial charge in [0, 0.05) is 25.3 Å². The van der Waals surface area contributed by atoms with Crippen LogP contribution in [0.4, 0.5) is 0 Å². The van der Waals surface area contributed by atoms with Crippen LogP contribution in [0.3, 0.4) is 0 Å². The molecule has 0 amide bonds. The van der Waals surface area contributed by atoms with Crippen molar-refractivity contribution in [3.63, 3.8) is 0 Å². The van der Waals surface area contributed by atoms with Gasteiger partial charge in [-0.25, -0.2) is 0 Å². The zero-order valence-electron chi connectivity index (χ0n) is 11.0. The molecule has 2 rings (SSSR count). The summed E-state index contributed by atoms with van der Waals surface area (Å²) >= 11 is 0. The van der Waals surface area contributed by atoms with Crippen LogP contribution in [-0.2, 0) is 11.3 Å². The first-order chi connectivity index (χ1) is 9.29. The Morgan fingerprint density at radius 3 is 2.79 bits per heavy atom. The Morgan fingerprint density at radius 2 is 2.16 bits per heavy atom. The molecule has 1 fully saturated rings. The van der Waals surface area contributed by atoms with E-state index in [4.69, 9.17) is 15.7 Å². The van der Waals surface area contributed by atoms with Crippen LogP contribution in [0.25, 0.3) is 0 Å². The number of ether oxygens (including phenoxy) is 1. The number of amidine groups is 1. The highest BCUT2D eigenvalue weighted by molar-refractivity contribution is 5.96. The van der Waals surface area contributed by atoms with E-state index in [0.717, 1.165) is 31.7 Å². The fourth-order valence-electron chi connectivity index (χ4n) is 2.20. The zero-order chi connectivity index (χ0) is 13.5. The van der Waals surface area contributed by atoms with Gasteiger partial charge in [-0.2, -0.15) is 0 Å². The molecule has 1 unspecified atom stereocenters. The molecular weight excluding hydrogens is 242 g/mol. The summed E-state index contributed by atoms with van der Waals surface area (Å²) in [4.78, 5) is 0. The summed E-state index contributed by atoms with van der Waals surface area (Å²) in [6.45, 7) is 2.58. The Kier molecular flexibility index (Phi) is 5.18. The molecule has 5 heteroatoms. The molecule has 0 radical (unpaired) electrons. The zero-order valence-corrected chi connectivity index (χ0v) is 11.0. The van der Waals surface area contributed by atoms with Gasteiger partial charge in [-0.3, -0.25) is 0 Å². The number of benzene rings is 1. The molecular formula is C14H21N3O2. The Hall–Kier alpha value is -1.59. The molecule has 0 saturated carbocycles. The second-order valence-electron chi connectivity index (χ2n) is 4.80. The van der Waals surface area contributed by atoms with Gasteiger partial charge in [0.25, 0.3) is 0 Å². The lowest BCUT2D eigenvalue weighted by Crippen LogP contribution is -2.31. The number of nitrogens with one attached hydrogen (secondary N) is 1. The van der Waals surface area contributed by atoms with Crippen LogP contribution in [0.15, 0.2) is 29.4 Å². The molecule has 1 aliphatic heterocycles. The monoisotopic (exact) mass is 263 g/mol. The van der Waals surface area contributed by atoms with Crippen molar-refractivity contribution in [1.82, 2.24) is 5.32 Å². The van der Waals surface area contributed by atoms with E-state index in [0.29, 0.717) is 6.10 Å². The summed E-state index contributed by atoms with van der Waals surface area (Å²) < 4.78 is 5.66. The van der Waals surface area contributed by atoms with Gasteiger partial charge in [0.2, 0.25) is 0 Å². The van der Waals surface area contributed by atoms with Crippen LogP contribution in [0.1, 0.15) is 30.4 Å². The van der Waals surface area contributed by atoms with Crippen molar-refractivity contribution < 1.29 is 9.94 Å². The van der Waals surface area contributed by atoms with E-state index in [1.807, 2.05) is 24.3 Å². The van der Waals surface area contributed by atoms with Crippen molar-refractivity contribution in [3.05, 3.63) is 35.4 Å². The predicted molar refractivity (Wildman–Crippen MR) is 74.3 cm³/mol. The van der Waals surface area contributed by atoms with Crippen molar-refractivity contribution in [2.75, 3.05) is 13.2 Å². The van der Waals surface area contributed by atoms with Crippen LogP contribution < -0.4 is 11.1 Å². The fourth-order valence-corrected chi connectivity index (χ4v) is 2.20. The Labute approximate surface area is 113 Å². The quantitative estimate of drug-likeness (QED) is 0.325. The second-order valence-corrected chi connectivity index (χ2v) is 4.80. The first-order valence-corrected chi connectivity index (χ1v) is 6.69. The molecule has 0 aromatic heterocycles. The lowest BCUT2D eigenvalue weighted by atomic mass is 10.1. The third-order valence-electron chi connectivity index (χ3n) is 3.33. The van der Waals surface area contributed by atoms with Gasteiger partial charge in [0.1, 0.15) is 0 Å². The van der Waals surface area contributed by atoms with E-state index >= 15 is 0 Å². The summed E-state index contributed by atoms with van der Waals surface area (Å²) in [5, 5.41) is 15.0. The highest BCUT2D eigenvalue weighted by Crippen LogP contribution is 2.12. The van der Waals surface area contributed by atoms with Crippen LogP contribution in [0, 0.1) is 0 Å². The van der Waals surface area contributed by atoms with Gasteiger partial charge in [0.15, 0.2) is 5.84 Å². The lowest BCUT2D eigenvalue weighted by molar-refractivity contribution is 0.0168. The minimum atomic E-state index is 0.134. The van der Waals surface area contributed by atoms with Crippen LogP contribution in [-0.4, -0.2) is 30.3 Å². The molecule has 19 heavy (non-hydrogen) atoms. The standard InChI is InChI=1S/C14H21N3O2/c15-14(17-18)12-6-4-11(5-7-12)9-16-10-13-3-1-2-8-19-13/h4-7,13,16,18H,1-3,8-10H2,(H2,15,17). The SMILES string of the molecule is NC(=NO)c1ccc(CNCC2CCCCO2)cc1. The third-order valence-corrected chi connectivity index (χ3v) is 3.33. The maximum absolute atomic E-state index is 8.58. The lowest BCUT2D eigenvalue weighted by Gasteiger charge is -2.22. The Balaban J connectivity index is 1.76. The number of rotatable bonds is 5. The second kappa shape index (κ2) is 7.11. The van der Waals surface area contributed by atoms with E-state index < -0.39 is 0 Å². The molecule has 1 aromatic carbocycles. The van der Waals surface area contributed by atoms with Gasteiger partial charge < -0.3 is 21.0 Å². The highest BCUT2D eigenvalue weighted by atomic mass is 16.5. The molecule has 1 saturated heterocycles. The maximum atomic E-state index is 8.58. The average molecular weight is 263 g/mol. The molecule has 5 nitrogen and oxygen atoms in total. The smallest absolute Gasteiger partial charge is 0.170 e. The Morgan fingerprint density at radius 1 is 1.37 bits per heavy atom. The number of hydrogen-bond donors (Lipinski definition) is 3. The largest absolute Gasteiger partial charge is 0.409 e. The highest BCUT2D eigenvalue weighted by Gasteiger charge is 2.12. The molecule has 0 bridgehead atoms. The van der Waals surface area contributed by atoms with Crippen LogP contribution in [0.2, 0.25) is 0 Å². The summed E-state index contributed by atoms with van der Waals surface area (Å²) in [7, 11) is 0. The summed E-state index contributed by atoms with van der Waals surface area (Å²) in [5.41, 5.74) is 7.41. The molecule has 1 heterocycles. The van der Waals surface area contributed by atoms with Crippen molar-refractivity contribution in [2.24, 2.45) is 10.9 Å². The van der Waals surface area contributed by atoms with E-state index in [9.17, 15) is 0 Å². The average Bonchev–Trinajstić information content (AvgIpc) is 2.48. The molecule has 0 aliphatic carbocycles. The molecule has 4 N–H and O–H groups in total. The molecule has 104 valence electrons. The van der Waals surface area contributed by atoms with Crippen molar-refractivity contribution in [2.45, 2.75) is 31.9 Å². The summed E-state index contributed by atoms with van der Waals surface area (Å²) in [5.74, 6) is 0.134. The van der Waals surface area contributed by atoms with Gasteiger partial charge in [-0.15, -0.1) is 0 Å². The third kappa shape index (κ3) is 4.22. The van der Waals surface area contributed by atoms with Crippen molar-refractivity contribution in [3.8, 4) is 0 Å². The minimum Gasteiger partial charge on any atom is -0.409 e. The number of nitrogens with zero attached hydrogens (tertiary/aromatic N) is 1. The summed E-state index contributed by atoms with van der Waals surface area (Å²) in [6.07, 6.45) is 3.95. The molecule has 0 spiro atoms. The van der Waals surface area contributed by atoms with E-state index in [2.05, 4.69) is 10.5 Å². The Bertz CT molecular complexity index is 411. The van der Waals surface area contributed by atoms with Gasteiger partial charge in [-0.05, 0) is 24.8 Å². The van der Waals surface area contributed by atoms with Crippen molar-refractivity contribution in [1.29, 1.82) is 0 Å². The fraction of sp³-hybridized carbons (Fsp3) is 0.500. The molecule has 1 aromatic rings. The van der Waals surface area contributed by atoms with E-state index in [-0.39, 0.29) is 5.84 Å². The van der Waals surface area contributed by atoms with Crippen LogP contribution in [0.5, 0.6) is 0 Å². The van der Waals surface area contributed by atoms with E-state index in [1.165, 1.54) is 18.4 Å². The number of oxime groups is 1. The minimum absolute atomic E-state index is 0.134. The molecule has 1 atom stereocenters. The maximum Gasteiger partial charge on any atom is 0.170 e.